The maximum atomic E-state index is 14.4. The van der Waals surface area contributed by atoms with Gasteiger partial charge in [0.05, 0.1) is 22.8 Å². The van der Waals surface area contributed by atoms with Gasteiger partial charge in [-0.25, -0.2) is 9.38 Å². The number of nitrogens with two attached hydrogens (primary N) is 7. The molecule has 45 aliphatic rings. The molecule has 1 spiro atoms. The maximum absolute atomic E-state index is 14.4. The lowest BCUT2D eigenvalue weighted by molar-refractivity contribution is -0.591. The van der Waals surface area contributed by atoms with E-state index in [0.29, 0.717) is 63.0 Å². The van der Waals surface area contributed by atoms with Crippen LogP contribution in [0.25, 0.3) is 0 Å². The van der Waals surface area contributed by atoms with Crippen molar-refractivity contribution in [3.8, 4) is 0 Å². The van der Waals surface area contributed by atoms with Gasteiger partial charge in [-0.3, -0.25) is 40.5 Å². The zero-order valence-electron chi connectivity index (χ0n) is 93.8. The van der Waals surface area contributed by atoms with Gasteiger partial charge in [0, 0.05) is 101 Å². The zero-order chi connectivity index (χ0) is 105. The minimum atomic E-state index is -0.969. The van der Waals surface area contributed by atoms with Gasteiger partial charge in [0.2, 0.25) is 25.2 Å². The maximum Gasteiger partial charge on any atom is 0.223 e. The highest BCUT2D eigenvalue weighted by atomic mass is 32.1. The van der Waals surface area contributed by atoms with Gasteiger partial charge in [0.15, 0.2) is 5.96 Å². The third-order valence-corrected chi connectivity index (χ3v) is 54.2. The highest BCUT2D eigenvalue weighted by molar-refractivity contribution is 7.81. The Bertz CT molecular complexity index is 4680. The number of nitrogens with zero attached hydrogens (tertiary/aromatic N) is 5. The van der Waals surface area contributed by atoms with E-state index in [0.717, 1.165) is 307 Å². The molecule has 1 saturated heterocycles. The van der Waals surface area contributed by atoms with Gasteiger partial charge in [-0.2, -0.15) is 12.6 Å². The number of hydrogen-bond donors (Lipinski definition) is 11. The van der Waals surface area contributed by atoms with Crippen molar-refractivity contribution in [3.05, 3.63) is 40.5 Å². The van der Waals surface area contributed by atoms with Crippen LogP contribution in [0.5, 0.6) is 0 Å². The lowest BCUT2D eigenvalue weighted by Crippen LogP contribution is -2.71. The number of aliphatic hydroxyl groups excluding tert-OH is 1. The Morgan fingerprint density at radius 3 is 1.07 bits per heavy atom. The van der Waals surface area contributed by atoms with Crippen LogP contribution in [-0.2, 0) is 4.74 Å². The molecule has 0 aromatic heterocycles. The summed E-state index contributed by atoms with van der Waals surface area (Å²) >= 11 is 4.82. The van der Waals surface area contributed by atoms with Crippen LogP contribution < -0.4 is 45.5 Å². The Balaban J connectivity index is 0.0000000878. The monoisotopic (exact) mass is 2100 g/mol. The van der Waals surface area contributed by atoms with E-state index in [9.17, 15) is 55.1 Å². The van der Waals surface area contributed by atoms with Gasteiger partial charge >= 0.3 is 0 Å². The lowest BCUT2D eigenvalue weighted by Gasteiger charge is -2.63. The van der Waals surface area contributed by atoms with Crippen molar-refractivity contribution >= 4 is 18.6 Å². The molecule has 0 aromatic carbocycles. The summed E-state index contributed by atoms with van der Waals surface area (Å²) in [7, 11) is 1.87. The summed E-state index contributed by atoms with van der Waals surface area (Å²) in [5.74, 6) is 28.7. The fourth-order valence-electron chi connectivity index (χ4n) is 51.4. The van der Waals surface area contributed by atoms with Crippen LogP contribution >= 0.6 is 12.6 Å². The van der Waals surface area contributed by atoms with Crippen LogP contribution in [-0.4, -0.2) is 142 Å². The van der Waals surface area contributed by atoms with E-state index in [1.54, 1.807) is 19.3 Å². The predicted molar refractivity (Wildman–Crippen MR) is 589 cm³/mol. The molecule has 0 radical (unpaired) electrons. The van der Waals surface area contributed by atoms with E-state index in [2.05, 4.69) is 44.9 Å². The molecular weight excluding hydrogens is 1900 g/mol. The summed E-state index contributed by atoms with van der Waals surface area (Å²) in [6.07, 6.45) is 74.0. The minimum Gasteiger partial charge on any atom is -0.391 e. The van der Waals surface area contributed by atoms with E-state index >= 15 is 0 Å². The van der Waals surface area contributed by atoms with E-state index in [1.165, 1.54) is 231 Å². The molecule has 25 atom stereocenters. The molecule has 0 aromatic rings. The van der Waals surface area contributed by atoms with Crippen molar-refractivity contribution in [3.63, 3.8) is 0 Å². The first-order chi connectivity index (χ1) is 70.7. The highest BCUT2D eigenvalue weighted by Crippen LogP contribution is 2.72. The number of rotatable bonds is 10. The lowest BCUT2D eigenvalue weighted by atomic mass is 9.46. The van der Waals surface area contributed by atoms with E-state index < -0.39 is 16.8 Å². The van der Waals surface area contributed by atoms with Gasteiger partial charge in [0.1, 0.15) is 5.67 Å². The van der Waals surface area contributed by atoms with Crippen LogP contribution in [0.3, 0.4) is 0 Å². The topological polar surface area (TPSA) is 429 Å². The van der Waals surface area contributed by atoms with Gasteiger partial charge in [-0.15, -0.1) is 0 Å². The number of thiol groups is 1. The molecule has 44 saturated carbocycles. The Morgan fingerprint density at radius 1 is 0.393 bits per heavy atom. The van der Waals surface area contributed by atoms with Gasteiger partial charge in [-0.1, -0.05) is 34.6 Å². The van der Waals surface area contributed by atoms with Crippen molar-refractivity contribution in [2.45, 2.75) is 493 Å². The number of nitrogens with one attached hydrogen (secondary N) is 1. The Labute approximate surface area is 904 Å². The average Bonchev–Trinajstić information content (AvgIpc) is 1.25. The SMILES string of the molecule is C1CC2C3CC4CC(C3)CC2(C4)N1.CC1(O)C2CC3CC(C2)CC1(N)C3.CC12CC3CC(C1)CC([N+](=O)[O-])(C3)C2.CC1C2CC3CC1CC(CN)(C3)C2.CC1C2CC3CC1CC(C[N+](=O)[O-])(C3)C2.CC1C2CC3CC1CC(C[N+](=O)[O-])(C3)C2.CC1C2CC3CC1CC(C[N+](=O)[O-])(C3)C2.COC12CC3CC(CC(N)(C3)C1)C2.NC(N)=NC12CC3CC(CC(F)(C3)C1)C2.NC12CC3CC(C1)CC(S)(C3)C2.NC12CC3CC(CC(C3)C1O)C2. The predicted octanol–water partition coefficient (Wildman–Crippen LogP) is 22.5. The standard InChI is InChI=1S/3C12H19NO2.C12H19N.C12H21N.C11H18FN3.C11H17NO2.2C11H19NO.C10H17NO.C10H17NS/c3*1-8-10-2-9-3-11(8)6-12(4-9,5-10)7-13(14)15;1-2-13-12-6-8-3-9(7-12)5-10(4-8)11(1)12;1-8-10-2-9-3-11(8)6-12(4-9,5-10)7-13;12-10-2-7-1-8(3-10)5-11(4-7,6-10)15-9(13)14;1-10-3-8-2-9(4-10)6-11(5-8,7-10)12(13)14;1-13-11-5-8-2-9(6-11)4-10(12,3-8)7-11;1-10(13)9-3-7-2-8(4-9)6-11(10,12)5-7;11-10-4-6-1-7(5-10)3-8(2-6)9(10)12;11-9-2-7-1-8(3-9)5-10(12,4-7)6-9/h3*8-11H,2-7H2,1H3;8-11,13H,1-7H2;8-11H,2-7,13H2,1H3;7-8H,1-6H2,(H4,13,14,15);8-9H,2-7H2,1H3;8-9H,2-7,12H2,1H3;7-9,13H,2-6,12H2,1H3;6-9,12H,1-5,11H2;7-8,12H,1-6,11H2. The van der Waals surface area contributed by atoms with Crippen LogP contribution in [0, 0.1) is 269 Å². The van der Waals surface area contributed by atoms with E-state index in [1.807, 2.05) is 14.0 Å². The van der Waals surface area contributed by atoms with Crippen molar-refractivity contribution in [1.82, 2.24) is 5.32 Å². The van der Waals surface area contributed by atoms with E-state index in [-0.39, 0.29) is 101 Å². The second kappa shape index (κ2) is 38.8. The quantitative estimate of drug-likeness (QED) is 0.0318. The number of guanidine groups is 1. The first kappa shape index (κ1) is 108. The summed E-state index contributed by atoms with van der Waals surface area (Å²) in [6.45, 7) is 16.8. The van der Waals surface area contributed by atoms with Gasteiger partial charge < -0.3 is 60.4 Å². The Kier molecular flexibility index (Phi) is 28.0. The van der Waals surface area contributed by atoms with Crippen molar-refractivity contribution in [1.29, 1.82) is 0 Å². The molecule has 25 unspecified atom stereocenters. The fraction of sp³-hybridized carbons (Fsp3) is 0.992. The zero-order valence-corrected chi connectivity index (χ0v) is 94.7. The second-order valence-electron chi connectivity index (χ2n) is 65.6. The largest absolute Gasteiger partial charge is 0.391 e. The molecule has 24 nitrogen and oxygen atoms in total. The van der Waals surface area contributed by atoms with Crippen molar-refractivity contribution < 1.29 is 39.0 Å². The first-order valence-electron chi connectivity index (χ1n) is 63.3. The van der Waals surface area contributed by atoms with Crippen LogP contribution in [0.1, 0.15) is 427 Å². The Hall–Kier alpha value is -3.21. The van der Waals surface area contributed by atoms with Crippen molar-refractivity contribution in [2.75, 3.05) is 39.8 Å². The number of methoxy groups -OCH3 is 1. The fourth-order valence-corrected chi connectivity index (χ4v) is 52.2. The summed E-state index contributed by atoms with van der Waals surface area (Å²) in [4.78, 5) is 47.7. The minimum absolute atomic E-state index is 0.0444. The number of aliphatic hydroxyl groups is 2. The third kappa shape index (κ3) is 20.6. The molecule has 45 fully saturated rings. The van der Waals surface area contributed by atoms with Crippen molar-refractivity contribution in [2.24, 2.45) is 273 Å². The average molecular weight is 2100 g/mol. The molecule has 0 amide bonds. The molecule has 45 rings (SSSR count). The number of halogens is 1. The molecule has 44 bridgehead atoms. The van der Waals surface area contributed by atoms with E-state index in [4.69, 9.17) is 57.5 Å². The summed E-state index contributed by atoms with van der Waals surface area (Å²) in [6, 6.07) is 0. The first-order valence-corrected chi connectivity index (χ1v) is 63.7. The number of nitro groups is 4. The van der Waals surface area contributed by atoms with Gasteiger partial charge in [0.25, 0.3) is 0 Å². The van der Waals surface area contributed by atoms with Crippen LogP contribution in [0.4, 0.5) is 4.39 Å². The summed E-state index contributed by atoms with van der Waals surface area (Å²) < 4.78 is 20.5. The normalized spacial score (nSPS) is 57.1. The number of alkyl halides is 1. The Morgan fingerprint density at radius 2 is 0.733 bits per heavy atom. The second-order valence-corrected chi connectivity index (χ2v) is 66.5. The molecule has 150 heavy (non-hydrogen) atoms. The highest BCUT2D eigenvalue weighted by Gasteiger charge is 2.69. The molecule has 1 heterocycles. The molecule has 1 aliphatic heterocycles. The third-order valence-electron chi connectivity index (χ3n) is 53.7. The van der Waals surface area contributed by atoms with Crippen LogP contribution in [0.15, 0.2) is 4.99 Å². The van der Waals surface area contributed by atoms with Gasteiger partial charge in [-0.05, 0) is 592 Å². The number of aliphatic imine (C=N–C) groups is 1. The molecular formula is C124H204FN13O11S. The van der Waals surface area contributed by atoms with Crippen LogP contribution in [0.2, 0.25) is 0 Å². The molecule has 844 valence electrons. The number of hydrogen-bond acceptors (Lipinski definition) is 19. The summed E-state index contributed by atoms with van der Waals surface area (Å²) in [5, 5.41) is 67.8. The smallest absolute Gasteiger partial charge is 0.223 e. The molecule has 26 heteroatoms. The summed E-state index contributed by atoms with van der Waals surface area (Å²) in [5.41, 5.74) is 41.8. The molecule has 44 aliphatic carbocycles. The number of ether oxygens (including phenoxy) is 1. The molecule has 17 N–H and O–H groups in total.